The summed E-state index contributed by atoms with van der Waals surface area (Å²) in [6.07, 6.45) is 1.40. The van der Waals surface area contributed by atoms with Crippen molar-refractivity contribution in [2.45, 2.75) is 13.8 Å². The van der Waals surface area contributed by atoms with Crippen molar-refractivity contribution in [3.63, 3.8) is 0 Å². The normalized spacial score (nSPS) is 10.7. The first-order chi connectivity index (χ1) is 17.2. The van der Waals surface area contributed by atoms with Crippen LogP contribution in [0.1, 0.15) is 27.0 Å². The quantitative estimate of drug-likeness (QED) is 0.133. The maximum atomic E-state index is 12.4. The summed E-state index contributed by atoms with van der Waals surface area (Å²) >= 11 is 3.43. The summed E-state index contributed by atoms with van der Waals surface area (Å²) in [5.41, 5.74) is 4.94. The van der Waals surface area contributed by atoms with Gasteiger partial charge >= 0.3 is 5.97 Å². The van der Waals surface area contributed by atoms with Crippen LogP contribution in [0.3, 0.4) is 0 Å². The van der Waals surface area contributed by atoms with Gasteiger partial charge in [0.2, 0.25) is 0 Å². The average Bonchev–Trinajstić information content (AvgIpc) is 2.84. The Kier molecular flexibility index (Phi) is 8.74. The molecule has 36 heavy (non-hydrogen) atoms. The molecule has 0 radical (unpaired) electrons. The third kappa shape index (κ3) is 6.89. The van der Waals surface area contributed by atoms with Gasteiger partial charge in [0.1, 0.15) is 5.75 Å². The average molecular weight is 556 g/mol. The minimum Gasteiger partial charge on any atom is -0.493 e. The number of esters is 1. The van der Waals surface area contributed by atoms with Crippen LogP contribution in [0.15, 0.2) is 64.2 Å². The number of carbonyl (C=O) groups excluding carboxylic acids is 2. The molecule has 0 fully saturated rings. The van der Waals surface area contributed by atoms with E-state index in [0.29, 0.717) is 11.3 Å². The molecule has 0 spiro atoms. The fraction of sp³-hybridized carbons (Fsp3) is 0.160. The number of nitrogens with one attached hydrogen (secondary N) is 1. The van der Waals surface area contributed by atoms with Crippen LogP contribution >= 0.6 is 15.9 Å². The zero-order chi connectivity index (χ0) is 26.2. The van der Waals surface area contributed by atoms with Crippen LogP contribution in [0, 0.1) is 24.0 Å². The van der Waals surface area contributed by atoms with Crippen LogP contribution in [0.25, 0.3) is 0 Å². The molecule has 0 aliphatic carbocycles. The lowest BCUT2D eigenvalue weighted by molar-refractivity contribution is -0.384. The molecule has 0 aliphatic rings. The van der Waals surface area contributed by atoms with Crippen molar-refractivity contribution in [3.05, 3.63) is 91.4 Å². The number of ether oxygens (including phenoxy) is 3. The van der Waals surface area contributed by atoms with Crippen LogP contribution in [0.2, 0.25) is 0 Å². The Morgan fingerprint density at radius 2 is 1.81 bits per heavy atom. The predicted octanol–water partition coefficient (Wildman–Crippen LogP) is 4.73. The van der Waals surface area contributed by atoms with Crippen LogP contribution in [0.5, 0.6) is 17.2 Å². The standard InChI is InChI=1S/C25H22BrN3O7/c1-15-10-16(2)24(20(26)11-15)35-14-23(30)28-27-13-17-4-9-21(22(12-17)34-3)36-25(31)18-5-7-19(8-6-18)29(32)33/h4-13H,14H2,1-3H3,(H,28,30)/b27-13-. The predicted molar refractivity (Wildman–Crippen MR) is 136 cm³/mol. The molecule has 0 aliphatic heterocycles. The molecule has 3 aromatic carbocycles. The number of benzene rings is 3. The summed E-state index contributed by atoms with van der Waals surface area (Å²) in [6, 6.07) is 13.6. The molecule has 11 heteroatoms. The minimum absolute atomic E-state index is 0.135. The Morgan fingerprint density at radius 1 is 1.08 bits per heavy atom. The number of methoxy groups -OCH3 is 1. The van der Waals surface area contributed by atoms with Crippen LogP contribution in [-0.2, 0) is 4.79 Å². The highest BCUT2D eigenvalue weighted by Gasteiger charge is 2.15. The fourth-order valence-corrected chi connectivity index (χ4v) is 3.95. The Bertz CT molecular complexity index is 1300. The van der Waals surface area contributed by atoms with E-state index in [4.69, 9.17) is 14.2 Å². The van der Waals surface area contributed by atoms with Crippen molar-refractivity contribution in [1.82, 2.24) is 5.43 Å². The van der Waals surface area contributed by atoms with E-state index in [1.807, 2.05) is 26.0 Å². The van der Waals surface area contributed by atoms with E-state index in [-0.39, 0.29) is 29.4 Å². The van der Waals surface area contributed by atoms with Crippen molar-refractivity contribution in [2.75, 3.05) is 13.7 Å². The second-order valence-corrected chi connectivity index (χ2v) is 8.43. The van der Waals surface area contributed by atoms with Crippen LogP contribution in [-0.4, -0.2) is 36.7 Å². The summed E-state index contributed by atoms with van der Waals surface area (Å²) in [6.45, 7) is 3.64. The zero-order valence-corrected chi connectivity index (χ0v) is 21.2. The highest BCUT2D eigenvalue weighted by atomic mass is 79.9. The molecule has 0 saturated heterocycles. The monoisotopic (exact) mass is 555 g/mol. The number of hydrogen-bond acceptors (Lipinski definition) is 8. The number of aryl methyl sites for hydroxylation is 2. The van der Waals surface area contributed by atoms with Crippen LogP contribution in [0.4, 0.5) is 5.69 Å². The topological polar surface area (TPSA) is 129 Å². The molecule has 0 bridgehead atoms. The van der Waals surface area contributed by atoms with Crippen molar-refractivity contribution < 1.29 is 28.7 Å². The van der Waals surface area contributed by atoms with E-state index in [1.165, 1.54) is 43.7 Å². The van der Waals surface area contributed by atoms with Crippen molar-refractivity contribution >= 4 is 39.7 Å². The molecule has 0 heterocycles. The molecule has 1 amide bonds. The van der Waals surface area contributed by atoms with Gasteiger partial charge in [0, 0.05) is 12.1 Å². The Balaban J connectivity index is 1.58. The molecule has 0 atom stereocenters. The van der Waals surface area contributed by atoms with Gasteiger partial charge in [-0.15, -0.1) is 0 Å². The van der Waals surface area contributed by atoms with Gasteiger partial charge in [-0.1, -0.05) is 6.07 Å². The maximum absolute atomic E-state index is 12.4. The smallest absolute Gasteiger partial charge is 0.343 e. The van der Waals surface area contributed by atoms with E-state index in [1.54, 1.807) is 12.1 Å². The molecule has 3 rings (SSSR count). The molecule has 1 N–H and O–H groups in total. The number of non-ortho nitro benzene ring substituents is 1. The van der Waals surface area contributed by atoms with E-state index < -0.39 is 16.8 Å². The van der Waals surface area contributed by atoms with Gasteiger partial charge in [-0.2, -0.15) is 5.10 Å². The third-order valence-electron chi connectivity index (χ3n) is 4.83. The number of rotatable bonds is 9. The second kappa shape index (κ2) is 11.9. The summed E-state index contributed by atoms with van der Waals surface area (Å²) in [5.74, 6) is -0.160. The minimum atomic E-state index is -0.702. The summed E-state index contributed by atoms with van der Waals surface area (Å²) < 4.78 is 17.0. The van der Waals surface area contributed by atoms with Crippen molar-refractivity contribution in [3.8, 4) is 17.2 Å². The summed E-state index contributed by atoms with van der Waals surface area (Å²) in [5, 5.41) is 14.7. The number of halogens is 1. The van der Waals surface area contributed by atoms with Gasteiger partial charge in [-0.05, 0) is 82.9 Å². The van der Waals surface area contributed by atoms with Crippen LogP contribution < -0.4 is 19.6 Å². The molecule has 0 saturated carbocycles. The summed E-state index contributed by atoms with van der Waals surface area (Å²) in [7, 11) is 1.41. The Morgan fingerprint density at radius 3 is 2.44 bits per heavy atom. The number of carbonyl (C=O) groups is 2. The number of nitro groups is 1. The number of nitro benzene ring substituents is 1. The van der Waals surface area contributed by atoms with Gasteiger partial charge < -0.3 is 14.2 Å². The highest BCUT2D eigenvalue weighted by Crippen LogP contribution is 2.30. The molecule has 0 aromatic heterocycles. The van der Waals surface area contributed by atoms with E-state index >= 15 is 0 Å². The molecule has 186 valence electrons. The Labute approximate surface area is 215 Å². The maximum Gasteiger partial charge on any atom is 0.343 e. The number of nitrogens with zero attached hydrogens (tertiary/aromatic N) is 2. The first-order valence-corrected chi connectivity index (χ1v) is 11.3. The number of amides is 1. The van der Waals surface area contributed by atoms with Gasteiger partial charge in [-0.25, -0.2) is 10.2 Å². The van der Waals surface area contributed by atoms with E-state index in [2.05, 4.69) is 26.5 Å². The van der Waals surface area contributed by atoms with E-state index in [9.17, 15) is 19.7 Å². The first kappa shape index (κ1) is 26.4. The molecule has 10 nitrogen and oxygen atoms in total. The van der Waals surface area contributed by atoms with Gasteiger partial charge in [0.25, 0.3) is 11.6 Å². The summed E-state index contributed by atoms with van der Waals surface area (Å²) in [4.78, 5) is 34.7. The molecular formula is C25H22BrN3O7. The third-order valence-corrected chi connectivity index (χ3v) is 5.42. The molecule has 3 aromatic rings. The lowest BCUT2D eigenvalue weighted by Gasteiger charge is -2.11. The highest BCUT2D eigenvalue weighted by molar-refractivity contribution is 9.10. The number of hydrogen-bond donors (Lipinski definition) is 1. The van der Waals surface area contributed by atoms with Crippen molar-refractivity contribution in [2.24, 2.45) is 5.10 Å². The van der Waals surface area contributed by atoms with Gasteiger partial charge in [-0.3, -0.25) is 14.9 Å². The van der Waals surface area contributed by atoms with Gasteiger partial charge in [0.15, 0.2) is 18.1 Å². The Hall–Kier alpha value is -4.25. The number of hydrazone groups is 1. The fourth-order valence-electron chi connectivity index (χ4n) is 3.16. The van der Waals surface area contributed by atoms with Gasteiger partial charge in [0.05, 0.1) is 28.3 Å². The zero-order valence-electron chi connectivity index (χ0n) is 19.6. The largest absolute Gasteiger partial charge is 0.493 e. The lowest BCUT2D eigenvalue weighted by Crippen LogP contribution is -2.24. The first-order valence-electron chi connectivity index (χ1n) is 10.5. The lowest BCUT2D eigenvalue weighted by atomic mass is 10.1. The second-order valence-electron chi connectivity index (χ2n) is 7.58. The molecule has 0 unspecified atom stereocenters. The van der Waals surface area contributed by atoms with E-state index in [0.717, 1.165) is 15.6 Å². The molecular weight excluding hydrogens is 534 g/mol. The SMILES string of the molecule is COc1cc(/C=N\NC(=O)COc2c(C)cc(C)cc2Br)ccc1OC(=O)c1ccc([N+](=O)[O-])cc1. The van der Waals surface area contributed by atoms with Crippen molar-refractivity contribution in [1.29, 1.82) is 0 Å².